The van der Waals surface area contributed by atoms with Crippen LogP contribution in [0, 0.1) is 5.82 Å². The molecule has 1 aliphatic heterocycles. The fourth-order valence-corrected chi connectivity index (χ4v) is 2.68. The number of hydrogen-bond donors (Lipinski definition) is 0. The van der Waals surface area contributed by atoms with E-state index in [-0.39, 0.29) is 11.4 Å². The minimum absolute atomic E-state index is 0.213. The van der Waals surface area contributed by atoms with E-state index in [1.807, 2.05) is 4.57 Å². The molecule has 0 aliphatic carbocycles. The van der Waals surface area contributed by atoms with E-state index in [1.54, 1.807) is 6.20 Å². The molecule has 4 nitrogen and oxygen atoms in total. The lowest BCUT2D eigenvalue weighted by atomic mass is 10.0. The molecule has 0 radical (unpaired) electrons. The number of hydrogen-bond acceptors (Lipinski definition) is 3. The number of methoxy groups -OCH3 is 1. The summed E-state index contributed by atoms with van der Waals surface area (Å²) in [6, 6.07) is 2.79. The second kappa shape index (κ2) is 4.19. The van der Waals surface area contributed by atoms with Crippen molar-refractivity contribution in [2.45, 2.75) is 19.4 Å². The van der Waals surface area contributed by atoms with Crippen LogP contribution in [-0.4, -0.2) is 23.4 Å². The number of carbonyl (C=O) groups is 2. The molecular weight excluding hydrogens is 249 g/mol. The SMILES string of the molecule is COC(=O)C(=O)c1cn2c3c(cc(F)cc13)CCC2. The van der Waals surface area contributed by atoms with E-state index in [2.05, 4.69) is 4.74 Å². The highest BCUT2D eigenvalue weighted by Gasteiger charge is 2.25. The van der Waals surface area contributed by atoms with Gasteiger partial charge < -0.3 is 9.30 Å². The molecule has 0 atom stereocenters. The van der Waals surface area contributed by atoms with Crippen molar-refractivity contribution in [1.29, 1.82) is 0 Å². The number of ketones is 1. The Balaban J connectivity index is 2.28. The third kappa shape index (κ3) is 1.73. The predicted octanol–water partition coefficient (Wildman–Crippen LogP) is 2.08. The quantitative estimate of drug-likeness (QED) is 0.472. The van der Waals surface area contributed by atoms with Crippen molar-refractivity contribution in [3.63, 3.8) is 0 Å². The lowest BCUT2D eigenvalue weighted by molar-refractivity contribution is -0.135. The first-order valence-corrected chi connectivity index (χ1v) is 6.05. The van der Waals surface area contributed by atoms with Crippen molar-refractivity contribution < 1.29 is 18.7 Å². The molecule has 3 rings (SSSR count). The normalized spacial score (nSPS) is 13.6. The maximum atomic E-state index is 13.6. The predicted molar refractivity (Wildman–Crippen MR) is 66.6 cm³/mol. The fourth-order valence-electron chi connectivity index (χ4n) is 2.68. The van der Waals surface area contributed by atoms with Crippen LogP contribution in [-0.2, 0) is 22.5 Å². The van der Waals surface area contributed by atoms with Crippen LogP contribution in [0.4, 0.5) is 4.39 Å². The zero-order valence-electron chi connectivity index (χ0n) is 10.4. The molecule has 5 heteroatoms. The molecule has 2 heterocycles. The average molecular weight is 261 g/mol. The molecule has 0 fully saturated rings. The highest BCUT2D eigenvalue weighted by Crippen LogP contribution is 2.30. The van der Waals surface area contributed by atoms with Gasteiger partial charge in [-0.05, 0) is 30.5 Å². The van der Waals surface area contributed by atoms with Crippen LogP contribution < -0.4 is 0 Å². The Morgan fingerprint density at radius 3 is 2.89 bits per heavy atom. The van der Waals surface area contributed by atoms with Gasteiger partial charge in [0, 0.05) is 18.1 Å². The molecule has 0 unspecified atom stereocenters. The van der Waals surface area contributed by atoms with Crippen LogP contribution in [0.5, 0.6) is 0 Å². The topological polar surface area (TPSA) is 48.3 Å². The van der Waals surface area contributed by atoms with Crippen molar-refractivity contribution >= 4 is 22.7 Å². The average Bonchev–Trinajstić information content (AvgIpc) is 2.77. The Morgan fingerprint density at radius 2 is 2.16 bits per heavy atom. The second-order valence-corrected chi connectivity index (χ2v) is 4.62. The molecular formula is C14H12FNO3. The van der Waals surface area contributed by atoms with E-state index in [0.29, 0.717) is 5.39 Å². The zero-order chi connectivity index (χ0) is 13.6. The van der Waals surface area contributed by atoms with E-state index in [0.717, 1.165) is 37.6 Å². The Labute approximate surface area is 108 Å². The third-order valence-corrected chi connectivity index (χ3v) is 3.48. The van der Waals surface area contributed by atoms with Gasteiger partial charge in [0.1, 0.15) is 5.82 Å². The summed E-state index contributed by atoms with van der Waals surface area (Å²) in [5.41, 5.74) is 1.94. The highest BCUT2D eigenvalue weighted by atomic mass is 19.1. The minimum atomic E-state index is -0.927. The van der Waals surface area contributed by atoms with Crippen LogP contribution in [0.2, 0.25) is 0 Å². The monoisotopic (exact) mass is 261 g/mol. The number of Topliss-reactive ketones (excluding diaryl/α,β-unsaturated/α-hetero) is 1. The van der Waals surface area contributed by atoms with Gasteiger partial charge in [0.25, 0.3) is 5.78 Å². The highest BCUT2D eigenvalue weighted by molar-refractivity contribution is 6.43. The Hall–Kier alpha value is -2.17. The van der Waals surface area contributed by atoms with Gasteiger partial charge in [0.2, 0.25) is 0 Å². The lowest BCUT2D eigenvalue weighted by Crippen LogP contribution is -2.15. The number of carbonyl (C=O) groups excluding carboxylic acids is 2. The smallest absolute Gasteiger partial charge is 0.379 e. The Bertz CT molecular complexity index is 702. The van der Waals surface area contributed by atoms with Crippen molar-refractivity contribution in [1.82, 2.24) is 4.57 Å². The van der Waals surface area contributed by atoms with Crippen molar-refractivity contribution in [2.24, 2.45) is 0 Å². The van der Waals surface area contributed by atoms with E-state index in [4.69, 9.17) is 0 Å². The first kappa shape index (κ1) is 11.9. The largest absolute Gasteiger partial charge is 0.463 e. The standard InChI is InChI=1S/C14H12FNO3/c1-19-14(18)13(17)11-7-16-4-2-3-8-5-9(15)6-10(11)12(8)16/h5-7H,2-4H2,1H3. The first-order valence-electron chi connectivity index (χ1n) is 6.05. The molecule has 1 aliphatic rings. The van der Waals surface area contributed by atoms with Crippen LogP contribution >= 0.6 is 0 Å². The maximum absolute atomic E-state index is 13.6. The third-order valence-electron chi connectivity index (χ3n) is 3.48. The summed E-state index contributed by atoms with van der Waals surface area (Å²) in [4.78, 5) is 23.3. The summed E-state index contributed by atoms with van der Waals surface area (Å²) >= 11 is 0. The van der Waals surface area contributed by atoms with E-state index in [9.17, 15) is 14.0 Å². The number of nitrogens with zero attached hydrogens (tertiary/aromatic N) is 1. The molecule has 2 aromatic rings. The fraction of sp³-hybridized carbons (Fsp3) is 0.286. The summed E-state index contributed by atoms with van der Waals surface area (Å²) in [5, 5.41) is 0.491. The van der Waals surface area contributed by atoms with Crippen LogP contribution in [0.25, 0.3) is 10.9 Å². The van der Waals surface area contributed by atoms with Crippen LogP contribution in [0.3, 0.4) is 0 Å². The van der Waals surface area contributed by atoms with Gasteiger partial charge in [0.15, 0.2) is 0 Å². The van der Waals surface area contributed by atoms with Gasteiger partial charge in [-0.25, -0.2) is 9.18 Å². The Morgan fingerprint density at radius 1 is 1.37 bits per heavy atom. The molecule has 19 heavy (non-hydrogen) atoms. The van der Waals surface area contributed by atoms with Gasteiger partial charge in [-0.2, -0.15) is 0 Å². The number of benzene rings is 1. The lowest BCUT2D eigenvalue weighted by Gasteiger charge is -2.15. The molecule has 0 saturated heterocycles. The molecule has 1 aromatic carbocycles. The van der Waals surface area contributed by atoms with Crippen molar-refractivity contribution in [3.05, 3.63) is 35.3 Å². The zero-order valence-corrected chi connectivity index (χ0v) is 10.4. The summed E-state index contributed by atoms with van der Waals surface area (Å²) in [5.74, 6) is -2.05. The summed E-state index contributed by atoms with van der Waals surface area (Å²) < 4.78 is 20.0. The second-order valence-electron chi connectivity index (χ2n) is 4.62. The molecule has 1 aromatic heterocycles. The first-order chi connectivity index (χ1) is 9.11. The van der Waals surface area contributed by atoms with Crippen molar-refractivity contribution in [2.75, 3.05) is 7.11 Å². The number of halogens is 1. The van der Waals surface area contributed by atoms with E-state index in [1.165, 1.54) is 12.1 Å². The number of ether oxygens (including phenoxy) is 1. The van der Waals surface area contributed by atoms with Gasteiger partial charge in [-0.3, -0.25) is 4.79 Å². The van der Waals surface area contributed by atoms with Gasteiger partial charge in [0.05, 0.1) is 18.2 Å². The van der Waals surface area contributed by atoms with Crippen LogP contribution in [0.1, 0.15) is 22.3 Å². The molecule has 0 bridgehead atoms. The molecule has 0 N–H and O–H groups in total. The summed E-state index contributed by atoms with van der Waals surface area (Å²) in [6.07, 6.45) is 3.29. The number of rotatable bonds is 2. The number of aromatic nitrogens is 1. The van der Waals surface area contributed by atoms with Crippen molar-refractivity contribution in [3.8, 4) is 0 Å². The van der Waals surface area contributed by atoms with Gasteiger partial charge >= 0.3 is 5.97 Å². The Kier molecular flexibility index (Phi) is 2.62. The van der Waals surface area contributed by atoms with E-state index < -0.39 is 11.8 Å². The molecule has 0 amide bonds. The van der Waals surface area contributed by atoms with E-state index >= 15 is 0 Å². The number of esters is 1. The maximum Gasteiger partial charge on any atom is 0.379 e. The molecule has 98 valence electrons. The molecule has 0 saturated carbocycles. The summed E-state index contributed by atoms with van der Waals surface area (Å²) in [6.45, 7) is 0.767. The minimum Gasteiger partial charge on any atom is -0.463 e. The number of aryl methyl sites for hydroxylation is 2. The van der Waals surface area contributed by atoms with Crippen LogP contribution in [0.15, 0.2) is 18.3 Å². The summed E-state index contributed by atoms with van der Waals surface area (Å²) in [7, 11) is 1.16. The van der Waals surface area contributed by atoms with Gasteiger partial charge in [-0.15, -0.1) is 0 Å². The van der Waals surface area contributed by atoms with Gasteiger partial charge in [-0.1, -0.05) is 0 Å². The molecule has 0 spiro atoms.